The lowest BCUT2D eigenvalue weighted by Crippen LogP contribution is -2.21. The molecule has 7 heteroatoms. The summed E-state index contributed by atoms with van der Waals surface area (Å²) in [4.78, 5) is 12.4. The number of para-hydroxylation sites is 1. The molecule has 2 N–H and O–H groups in total. The fourth-order valence-electron chi connectivity index (χ4n) is 2.40. The number of anilines is 2. The van der Waals surface area contributed by atoms with Crippen LogP contribution in [-0.2, 0) is 0 Å². The van der Waals surface area contributed by atoms with E-state index >= 15 is 0 Å². The number of nitrogens with zero attached hydrogens (tertiary/aromatic N) is 2. The van der Waals surface area contributed by atoms with Crippen LogP contribution in [0.4, 0.5) is 16.3 Å². The van der Waals surface area contributed by atoms with Crippen LogP contribution < -0.4 is 15.4 Å². The minimum absolute atomic E-state index is 0.419. The average molecular weight is 357 g/mol. The van der Waals surface area contributed by atoms with E-state index in [0.717, 1.165) is 11.4 Å². The number of methoxy groups -OCH3 is 1. The standard InChI is InChI=1S/C18H17ClN4O2/c1-12-10-17(23(22-12)14-6-4-3-5-7-14)21-18(24)20-15-11-13(19)8-9-16(15)25-2/h3-11H,1-2H3,(H2,20,21,24). The van der Waals surface area contributed by atoms with Crippen molar-refractivity contribution in [2.24, 2.45) is 0 Å². The summed E-state index contributed by atoms with van der Waals surface area (Å²) < 4.78 is 6.90. The molecule has 0 bridgehead atoms. The minimum atomic E-state index is -0.419. The predicted molar refractivity (Wildman–Crippen MR) is 98.9 cm³/mol. The number of hydrogen-bond donors (Lipinski definition) is 2. The van der Waals surface area contributed by atoms with Crippen molar-refractivity contribution in [1.29, 1.82) is 0 Å². The number of rotatable bonds is 4. The van der Waals surface area contributed by atoms with Crippen molar-refractivity contribution < 1.29 is 9.53 Å². The van der Waals surface area contributed by atoms with Gasteiger partial charge in [0.15, 0.2) is 0 Å². The average Bonchev–Trinajstić information content (AvgIpc) is 2.96. The first-order chi connectivity index (χ1) is 12.1. The van der Waals surface area contributed by atoms with Crippen molar-refractivity contribution in [2.45, 2.75) is 6.92 Å². The largest absolute Gasteiger partial charge is 0.495 e. The van der Waals surface area contributed by atoms with Gasteiger partial charge in [-0.3, -0.25) is 5.32 Å². The monoisotopic (exact) mass is 356 g/mol. The molecular formula is C18H17ClN4O2. The topological polar surface area (TPSA) is 68.2 Å². The van der Waals surface area contributed by atoms with Crippen LogP contribution >= 0.6 is 11.6 Å². The fourth-order valence-corrected chi connectivity index (χ4v) is 2.57. The molecule has 0 saturated carbocycles. The lowest BCUT2D eigenvalue weighted by molar-refractivity contribution is 0.262. The summed E-state index contributed by atoms with van der Waals surface area (Å²) in [6.07, 6.45) is 0. The molecule has 128 valence electrons. The first kappa shape index (κ1) is 16.9. The Hall–Kier alpha value is -2.99. The quantitative estimate of drug-likeness (QED) is 0.723. The van der Waals surface area contributed by atoms with Gasteiger partial charge in [-0.25, -0.2) is 9.48 Å². The highest BCUT2D eigenvalue weighted by atomic mass is 35.5. The van der Waals surface area contributed by atoms with Gasteiger partial charge in [0.05, 0.1) is 24.2 Å². The summed E-state index contributed by atoms with van der Waals surface area (Å²) in [5, 5.41) is 10.5. The molecule has 0 fully saturated rings. The van der Waals surface area contributed by atoms with Crippen LogP contribution in [0.3, 0.4) is 0 Å². The van der Waals surface area contributed by atoms with Crippen molar-refractivity contribution in [3.63, 3.8) is 0 Å². The Morgan fingerprint density at radius 1 is 1.12 bits per heavy atom. The van der Waals surface area contributed by atoms with Gasteiger partial charge in [0.1, 0.15) is 11.6 Å². The van der Waals surface area contributed by atoms with Crippen LogP contribution in [0.25, 0.3) is 5.69 Å². The van der Waals surface area contributed by atoms with Crippen molar-refractivity contribution in [3.8, 4) is 11.4 Å². The van der Waals surface area contributed by atoms with Crippen molar-refractivity contribution in [1.82, 2.24) is 9.78 Å². The molecule has 1 aromatic heterocycles. The van der Waals surface area contributed by atoms with E-state index in [0.29, 0.717) is 22.3 Å². The summed E-state index contributed by atoms with van der Waals surface area (Å²) in [5.74, 6) is 1.08. The van der Waals surface area contributed by atoms with E-state index in [2.05, 4.69) is 15.7 Å². The summed E-state index contributed by atoms with van der Waals surface area (Å²) in [6.45, 7) is 1.86. The van der Waals surface area contributed by atoms with E-state index in [1.807, 2.05) is 37.3 Å². The summed E-state index contributed by atoms with van der Waals surface area (Å²) in [6, 6.07) is 15.9. The molecule has 1 heterocycles. The number of urea groups is 1. The molecule has 2 amide bonds. The molecule has 0 aliphatic rings. The second-order valence-electron chi connectivity index (χ2n) is 5.34. The first-order valence-corrected chi connectivity index (χ1v) is 7.98. The van der Waals surface area contributed by atoms with E-state index in [1.54, 1.807) is 28.9 Å². The number of benzene rings is 2. The number of ether oxygens (including phenoxy) is 1. The molecule has 0 atom stereocenters. The normalized spacial score (nSPS) is 10.4. The zero-order valence-corrected chi connectivity index (χ0v) is 14.5. The maximum absolute atomic E-state index is 12.4. The van der Waals surface area contributed by atoms with E-state index in [-0.39, 0.29) is 0 Å². The van der Waals surface area contributed by atoms with Crippen molar-refractivity contribution in [2.75, 3.05) is 17.7 Å². The highest BCUT2D eigenvalue weighted by molar-refractivity contribution is 6.31. The third-order valence-electron chi connectivity index (χ3n) is 3.48. The van der Waals surface area contributed by atoms with Gasteiger partial charge in [0, 0.05) is 11.1 Å². The number of amides is 2. The van der Waals surface area contributed by atoms with Crippen LogP contribution in [0.15, 0.2) is 54.6 Å². The number of halogens is 1. The number of nitrogens with one attached hydrogen (secondary N) is 2. The van der Waals surface area contributed by atoms with Crippen LogP contribution in [0.1, 0.15) is 5.69 Å². The van der Waals surface area contributed by atoms with E-state index in [9.17, 15) is 4.79 Å². The van der Waals surface area contributed by atoms with Gasteiger partial charge < -0.3 is 10.1 Å². The smallest absolute Gasteiger partial charge is 0.324 e. The van der Waals surface area contributed by atoms with E-state index in [1.165, 1.54) is 7.11 Å². The molecule has 2 aromatic carbocycles. The van der Waals surface area contributed by atoms with Crippen LogP contribution in [0, 0.1) is 6.92 Å². The Morgan fingerprint density at radius 3 is 2.60 bits per heavy atom. The maximum atomic E-state index is 12.4. The molecular weight excluding hydrogens is 340 g/mol. The van der Waals surface area contributed by atoms with E-state index < -0.39 is 6.03 Å². The van der Waals surface area contributed by atoms with Gasteiger partial charge in [-0.2, -0.15) is 5.10 Å². The number of carbonyl (C=O) groups is 1. The third-order valence-corrected chi connectivity index (χ3v) is 3.72. The Kier molecular flexibility index (Phi) is 4.90. The Labute approximate surface area is 150 Å². The molecule has 0 spiro atoms. The third kappa shape index (κ3) is 3.92. The van der Waals surface area contributed by atoms with Gasteiger partial charge in [0.25, 0.3) is 0 Å². The summed E-state index contributed by atoms with van der Waals surface area (Å²) in [5.41, 5.74) is 2.13. The zero-order chi connectivity index (χ0) is 17.8. The molecule has 0 saturated heterocycles. The molecule has 0 aliphatic heterocycles. The molecule has 6 nitrogen and oxygen atoms in total. The Balaban J connectivity index is 1.82. The van der Waals surface area contributed by atoms with E-state index in [4.69, 9.17) is 16.3 Å². The Morgan fingerprint density at radius 2 is 1.88 bits per heavy atom. The van der Waals surface area contributed by atoms with Gasteiger partial charge in [-0.15, -0.1) is 0 Å². The van der Waals surface area contributed by atoms with Crippen molar-refractivity contribution >= 4 is 29.1 Å². The summed E-state index contributed by atoms with van der Waals surface area (Å²) >= 11 is 5.98. The SMILES string of the molecule is COc1ccc(Cl)cc1NC(=O)Nc1cc(C)nn1-c1ccccc1. The summed E-state index contributed by atoms with van der Waals surface area (Å²) in [7, 11) is 1.53. The van der Waals surface area contributed by atoms with Crippen molar-refractivity contribution in [3.05, 3.63) is 65.3 Å². The molecule has 3 rings (SSSR count). The molecule has 0 unspecified atom stereocenters. The predicted octanol–water partition coefficient (Wildman–Crippen LogP) is 4.49. The van der Waals surface area contributed by atoms with Gasteiger partial charge in [0.2, 0.25) is 0 Å². The van der Waals surface area contributed by atoms with Gasteiger partial charge in [-0.1, -0.05) is 29.8 Å². The first-order valence-electron chi connectivity index (χ1n) is 7.60. The lowest BCUT2D eigenvalue weighted by atomic mass is 10.3. The molecule has 0 aliphatic carbocycles. The number of carbonyl (C=O) groups excluding carboxylic acids is 1. The Bertz CT molecular complexity index is 893. The number of aryl methyl sites for hydroxylation is 1. The molecule has 25 heavy (non-hydrogen) atoms. The molecule has 0 radical (unpaired) electrons. The highest BCUT2D eigenvalue weighted by Crippen LogP contribution is 2.28. The lowest BCUT2D eigenvalue weighted by Gasteiger charge is -2.12. The fraction of sp³-hybridized carbons (Fsp3) is 0.111. The maximum Gasteiger partial charge on any atom is 0.324 e. The minimum Gasteiger partial charge on any atom is -0.495 e. The van der Waals surface area contributed by atoms with Gasteiger partial charge >= 0.3 is 6.03 Å². The second-order valence-corrected chi connectivity index (χ2v) is 5.78. The highest BCUT2D eigenvalue weighted by Gasteiger charge is 2.13. The zero-order valence-electron chi connectivity index (χ0n) is 13.8. The number of aromatic nitrogens is 2. The van der Waals surface area contributed by atoms with Crippen LogP contribution in [0.2, 0.25) is 5.02 Å². The van der Waals surface area contributed by atoms with Gasteiger partial charge in [-0.05, 0) is 37.3 Å². The second kappa shape index (κ2) is 7.27. The number of hydrogen-bond acceptors (Lipinski definition) is 3. The van der Waals surface area contributed by atoms with Crippen LogP contribution in [0.5, 0.6) is 5.75 Å². The van der Waals surface area contributed by atoms with Crippen LogP contribution in [-0.4, -0.2) is 22.9 Å². The molecule has 3 aromatic rings.